The second kappa shape index (κ2) is 5.30. The number of hydrogen-bond acceptors (Lipinski definition) is 4. The molecule has 0 N–H and O–H groups in total. The second-order valence-electron chi connectivity index (χ2n) is 5.25. The van der Waals surface area contributed by atoms with Crippen molar-refractivity contribution in [2.75, 3.05) is 0 Å². The summed E-state index contributed by atoms with van der Waals surface area (Å²) >= 11 is 0. The number of rotatable bonds is 2. The molecule has 0 saturated heterocycles. The maximum absolute atomic E-state index is 13.2. The number of hydrogen-bond donors (Lipinski definition) is 0. The van der Waals surface area contributed by atoms with Crippen LogP contribution < -0.4 is 0 Å². The summed E-state index contributed by atoms with van der Waals surface area (Å²) in [5.41, 5.74) is -1.38. The van der Waals surface area contributed by atoms with Crippen molar-refractivity contribution in [3.63, 3.8) is 0 Å². The quantitative estimate of drug-likeness (QED) is 0.708. The summed E-state index contributed by atoms with van der Waals surface area (Å²) in [7, 11) is -4.05. The lowest BCUT2D eigenvalue weighted by Crippen LogP contribution is -2.14. The predicted octanol–water partition coefficient (Wildman–Crippen LogP) is 3.20. The first kappa shape index (κ1) is 16.4. The first-order valence-corrected chi connectivity index (χ1v) is 8.35. The minimum Gasteiger partial charge on any atom is -0.233 e. The molecule has 0 saturated carbocycles. The minimum atomic E-state index is -4.68. The number of benzene rings is 1. The van der Waals surface area contributed by atoms with Gasteiger partial charge in [-0.25, -0.2) is 17.9 Å². The number of aromatic nitrogens is 3. The Balaban J connectivity index is 2.39. The number of nitrogens with zero attached hydrogens (tertiary/aromatic N) is 3. The van der Waals surface area contributed by atoms with Gasteiger partial charge < -0.3 is 0 Å². The van der Waals surface area contributed by atoms with Gasteiger partial charge in [-0.1, -0.05) is 18.2 Å². The Morgan fingerprint density at radius 3 is 2.29 bits per heavy atom. The molecule has 5 nitrogen and oxygen atoms in total. The standard InChI is InChI=1S/C15H12F3N3O2S/c1-9-8-12(15(16,17)18)21-14(19-9)13(10(2)20-21)24(22,23)11-6-4-3-5-7-11/h3-8H,1-2H3. The summed E-state index contributed by atoms with van der Waals surface area (Å²) in [6.45, 7) is 2.72. The topological polar surface area (TPSA) is 64.3 Å². The van der Waals surface area contributed by atoms with Crippen molar-refractivity contribution in [1.82, 2.24) is 14.6 Å². The first-order valence-electron chi connectivity index (χ1n) is 6.86. The Labute approximate surface area is 135 Å². The van der Waals surface area contributed by atoms with Crippen molar-refractivity contribution in [3.8, 4) is 0 Å². The highest BCUT2D eigenvalue weighted by molar-refractivity contribution is 7.91. The van der Waals surface area contributed by atoms with Gasteiger partial charge in [0.25, 0.3) is 0 Å². The van der Waals surface area contributed by atoms with Crippen molar-refractivity contribution in [2.24, 2.45) is 0 Å². The van der Waals surface area contributed by atoms with Crippen LogP contribution in [0.25, 0.3) is 5.65 Å². The Hall–Kier alpha value is -2.42. The summed E-state index contributed by atoms with van der Waals surface area (Å²) in [5, 5.41) is 3.77. The molecule has 24 heavy (non-hydrogen) atoms. The van der Waals surface area contributed by atoms with E-state index in [1.165, 1.54) is 38.1 Å². The van der Waals surface area contributed by atoms with Gasteiger partial charge in [-0.05, 0) is 32.0 Å². The molecule has 0 spiro atoms. The number of fused-ring (bicyclic) bond motifs is 1. The maximum atomic E-state index is 13.2. The van der Waals surface area contributed by atoms with Crippen LogP contribution in [0, 0.1) is 13.8 Å². The fourth-order valence-corrected chi connectivity index (χ4v) is 4.01. The van der Waals surface area contributed by atoms with Gasteiger partial charge in [0.1, 0.15) is 10.6 Å². The third-order valence-corrected chi connectivity index (χ3v) is 5.36. The zero-order valence-corrected chi connectivity index (χ0v) is 13.5. The zero-order chi connectivity index (χ0) is 17.7. The van der Waals surface area contributed by atoms with E-state index >= 15 is 0 Å². The van der Waals surface area contributed by atoms with E-state index in [0.717, 1.165) is 6.07 Å². The lowest BCUT2D eigenvalue weighted by atomic mass is 10.3. The summed E-state index contributed by atoms with van der Waals surface area (Å²) in [4.78, 5) is 3.64. The molecule has 0 aliphatic rings. The van der Waals surface area contributed by atoms with Gasteiger partial charge in [-0.2, -0.15) is 18.3 Å². The maximum Gasteiger partial charge on any atom is 0.433 e. The highest BCUT2D eigenvalue weighted by Gasteiger charge is 2.37. The smallest absolute Gasteiger partial charge is 0.233 e. The van der Waals surface area contributed by atoms with Crippen LogP contribution in [0.4, 0.5) is 13.2 Å². The van der Waals surface area contributed by atoms with Gasteiger partial charge >= 0.3 is 6.18 Å². The molecule has 0 radical (unpaired) electrons. The molecule has 2 heterocycles. The molecular weight excluding hydrogens is 343 g/mol. The lowest BCUT2D eigenvalue weighted by molar-refractivity contribution is -0.142. The molecule has 126 valence electrons. The van der Waals surface area contributed by atoms with Crippen LogP contribution in [0.1, 0.15) is 17.1 Å². The third kappa shape index (κ3) is 2.54. The van der Waals surface area contributed by atoms with Gasteiger partial charge in [0.05, 0.1) is 10.6 Å². The van der Waals surface area contributed by atoms with Crippen LogP contribution in [-0.2, 0) is 16.0 Å². The summed E-state index contributed by atoms with van der Waals surface area (Å²) in [5.74, 6) is 0. The first-order chi connectivity index (χ1) is 11.1. The normalized spacial score (nSPS) is 12.7. The molecule has 3 aromatic rings. The summed E-state index contributed by atoms with van der Waals surface area (Å²) in [6, 6.07) is 8.30. The largest absolute Gasteiger partial charge is 0.433 e. The van der Waals surface area contributed by atoms with Crippen molar-refractivity contribution in [2.45, 2.75) is 29.8 Å². The molecule has 1 aromatic carbocycles. The van der Waals surface area contributed by atoms with Crippen molar-refractivity contribution in [1.29, 1.82) is 0 Å². The Kier molecular flexibility index (Phi) is 3.63. The molecular formula is C15H12F3N3O2S. The van der Waals surface area contributed by atoms with Crippen LogP contribution in [0.3, 0.4) is 0 Å². The second-order valence-corrected chi connectivity index (χ2v) is 7.13. The Morgan fingerprint density at radius 2 is 1.71 bits per heavy atom. The van der Waals surface area contributed by atoms with Gasteiger partial charge in [0.2, 0.25) is 9.84 Å². The molecule has 3 rings (SSSR count). The van der Waals surface area contributed by atoms with Crippen molar-refractivity contribution >= 4 is 15.5 Å². The van der Waals surface area contributed by atoms with Crippen molar-refractivity contribution in [3.05, 3.63) is 53.5 Å². The molecule has 0 aliphatic heterocycles. The molecule has 0 fully saturated rings. The van der Waals surface area contributed by atoms with Gasteiger partial charge in [-0.15, -0.1) is 0 Å². The molecule has 9 heteroatoms. The summed E-state index contributed by atoms with van der Waals surface area (Å²) < 4.78 is 65.9. The highest BCUT2D eigenvalue weighted by atomic mass is 32.2. The number of halogens is 3. The summed E-state index contributed by atoms with van der Waals surface area (Å²) in [6.07, 6.45) is -4.68. The Morgan fingerprint density at radius 1 is 1.08 bits per heavy atom. The molecule has 0 amide bonds. The minimum absolute atomic E-state index is 0.0279. The third-order valence-electron chi connectivity index (χ3n) is 3.45. The van der Waals surface area contributed by atoms with E-state index in [0.29, 0.717) is 4.52 Å². The number of sulfone groups is 1. The SMILES string of the molecule is Cc1cc(C(F)(F)F)n2nc(C)c(S(=O)(=O)c3ccccc3)c2n1. The average molecular weight is 355 g/mol. The molecule has 0 unspecified atom stereocenters. The average Bonchev–Trinajstić information content (AvgIpc) is 2.82. The van der Waals surface area contributed by atoms with E-state index in [4.69, 9.17) is 0 Å². The van der Waals surface area contributed by atoms with Crippen LogP contribution in [-0.4, -0.2) is 23.0 Å². The van der Waals surface area contributed by atoms with Gasteiger partial charge in [-0.3, -0.25) is 0 Å². The predicted molar refractivity (Wildman–Crippen MR) is 79.4 cm³/mol. The van der Waals surface area contributed by atoms with E-state index in [1.807, 2.05) is 0 Å². The van der Waals surface area contributed by atoms with E-state index in [9.17, 15) is 21.6 Å². The van der Waals surface area contributed by atoms with E-state index < -0.39 is 21.7 Å². The molecule has 2 aromatic heterocycles. The van der Waals surface area contributed by atoms with E-state index in [1.54, 1.807) is 6.07 Å². The molecule has 0 atom stereocenters. The number of alkyl halides is 3. The zero-order valence-electron chi connectivity index (χ0n) is 12.7. The lowest BCUT2D eigenvalue weighted by Gasteiger charge is -2.10. The monoisotopic (exact) mass is 355 g/mol. The molecule has 0 aliphatic carbocycles. The van der Waals surface area contributed by atoms with Gasteiger partial charge in [0.15, 0.2) is 5.65 Å². The van der Waals surface area contributed by atoms with Gasteiger partial charge in [0, 0.05) is 5.69 Å². The van der Waals surface area contributed by atoms with E-state index in [2.05, 4.69) is 10.1 Å². The van der Waals surface area contributed by atoms with Crippen LogP contribution in [0.5, 0.6) is 0 Å². The van der Waals surface area contributed by atoms with Crippen LogP contribution >= 0.6 is 0 Å². The Bertz CT molecular complexity index is 1030. The van der Waals surface area contributed by atoms with Crippen LogP contribution in [0.2, 0.25) is 0 Å². The van der Waals surface area contributed by atoms with E-state index in [-0.39, 0.29) is 26.8 Å². The fourth-order valence-electron chi connectivity index (χ4n) is 2.46. The fraction of sp³-hybridized carbons (Fsp3) is 0.200. The highest BCUT2D eigenvalue weighted by Crippen LogP contribution is 2.33. The number of aryl methyl sites for hydroxylation is 2. The molecule has 0 bridgehead atoms. The van der Waals surface area contributed by atoms with Crippen LogP contribution in [0.15, 0.2) is 46.2 Å². The van der Waals surface area contributed by atoms with Crippen molar-refractivity contribution < 1.29 is 21.6 Å².